The van der Waals surface area contributed by atoms with Gasteiger partial charge in [0.05, 0.1) is 12.5 Å². The summed E-state index contributed by atoms with van der Waals surface area (Å²) < 4.78 is 38.7. The SMILES string of the molecule is CCOC(=O)C(C)Cc1ccc(F)c(OCC2=CCCC=C2)c1F. The fourth-order valence-corrected chi connectivity index (χ4v) is 2.49. The molecule has 3 nitrogen and oxygen atoms in total. The smallest absolute Gasteiger partial charge is 0.308 e. The molecule has 1 unspecified atom stereocenters. The van der Waals surface area contributed by atoms with Crippen molar-refractivity contribution in [2.75, 3.05) is 13.2 Å². The average Bonchev–Trinajstić information content (AvgIpc) is 2.58. The molecule has 130 valence electrons. The highest BCUT2D eigenvalue weighted by Crippen LogP contribution is 2.27. The van der Waals surface area contributed by atoms with E-state index in [1.165, 1.54) is 6.07 Å². The van der Waals surface area contributed by atoms with Crippen LogP contribution in [0.3, 0.4) is 0 Å². The van der Waals surface area contributed by atoms with Gasteiger partial charge in [0.2, 0.25) is 0 Å². The monoisotopic (exact) mass is 336 g/mol. The summed E-state index contributed by atoms with van der Waals surface area (Å²) in [5.74, 6) is -2.82. The number of rotatable bonds is 7. The number of carbonyl (C=O) groups is 1. The normalized spacial score (nSPS) is 14.9. The molecule has 0 saturated heterocycles. The number of ether oxygens (including phenoxy) is 2. The number of halogens is 2. The highest BCUT2D eigenvalue weighted by molar-refractivity contribution is 5.72. The molecule has 0 spiro atoms. The Kier molecular flexibility index (Phi) is 6.53. The minimum atomic E-state index is -0.758. The zero-order chi connectivity index (χ0) is 17.5. The molecule has 5 heteroatoms. The minimum Gasteiger partial charge on any atom is -0.483 e. The molecule has 0 N–H and O–H groups in total. The number of hydrogen-bond donors (Lipinski definition) is 0. The zero-order valence-corrected chi connectivity index (χ0v) is 14.0. The molecule has 0 radical (unpaired) electrons. The Bertz CT molecular complexity index is 650. The lowest BCUT2D eigenvalue weighted by Gasteiger charge is -2.15. The van der Waals surface area contributed by atoms with Crippen LogP contribution in [0, 0.1) is 17.6 Å². The molecule has 1 atom stereocenters. The quantitative estimate of drug-likeness (QED) is 0.694. The van der Waals surface area contributed by atoms with E-state index in [0.29, 0.717) is 0 Å². The molecule has 0 heterocycles. The lowest BCUT2D eigenvalue weighted by atomic mass is 10.0. The third-order valence-corrected chi connectivity index (χ3v) is 3.80. The first-order valence-corrected chi connectivity index (χ1v) is 8.14. The summed E-state index contributed by atoms with van der Waals surface area (Å²) >= 11 is 0. The van der Waals surface area contributed by atoms with Gasteiger partial charge in [0.1, 0.15) is 6.61 Å². The lowest BCUT2D eigenvalue weighted by molar-refractivity contribution is -0.147. The van der Waals surface area contributed by atoms with Gasteiger partial charge in [-0.15, -0.1) is 0 Å². The molecule has 1 aromatic carbocycles. The van der Waals surface area contributed by atoms with Gasteiger partial charge in [-0.25, -0.2) is 8.78 Å². The molecule has 0 saturated carbocycles. The summed E-state index contributed by atoms with van der Waals surface area (Å²) in [6.07, 6.45) is 7.88. The predicted molar refractivity (Wildman–Crippen MR) is 87.8 cm³/mol. The van der Waals surface area contributed by atoms with Gasteiger partial charge in [-0.1, -0.05) is 31.2 Å². The number of hydrogen-bond acceptors (Lipinski definition) is 3. The van der Waals surface area contributed by atoms with Crippen molar-refractivity contribution >= 4 is 5.97 Å². The summed E-state index contributed by atoms with van der Waals surface area (Å²) in [7, 11) is 0. The van der Waals surface area contributed by atoms with E-state index in [1.807, 2.05) is 18.2 Å². The lowest BCUT2D eigenvalue weighted by Crippen LogP contribution is -2.18. The van der Waals surface area contributed by atoms with Crippen LogP contribution in [-0.2, 0) is 16.0 Å². The van der Waals surface area contributed by atoms with Gasteiger partial charge in [0, 0.05) is 0 Å². The first kappa shape index (κ1) is 18.2. The van der Waals surface area contributed by atoms with Crippen molar-refractivity contribution < 1.29 is 23.0 Å². The second-order valence-electron chi connectivity index (χ2n) is 5.75. The molecule has 1 aromatic rings. The second-order valence-corrected chi connectivity index (χ2v) is 5.75. The Morgan fingerprint density at radius 1 is 1.29 bits per heavy atom. The van der Waals surface area contributed by atoms with Gasteiger partial charge in [0.25, 0.3) is 0 Å². The van der Waals surface area contributed by atoms with Crippen molar-refractivity contribution in [1.82, 2.24) is 0 Å². The van der Waals surface area contributed by atoms with Crippen LogP contribution in [0.5, 0.6) is 5.75 Å². The van der Waals surface area contributed by atoms with Crippen molar-refractivity contribution in [3.8, 4) is 5.75 Å². The first-order valence-electron chi connectivity index (χ1n) is 8.14. The highest BCUT2D eigenvalue weighted by Gasteiger charge is 2.21. The van der Waals surface area contributed by atoms with Crippen LogP contribution in [-0.4, -0.2) is 19.2 Å². The molecule has 0 aromatic heterocycles. The fraction of sp³-hybridized carbons (Fsp3) is 0.421. The maximum Gasteiger partial charge on any atom is 0.308 e. The zero-order valence-electron chi connectivity index (χ0n) is 14.0. The van der Waals surface area contributed by atoms with E-state index in [-0.39, 0.29) is 25.2 Å². The standard InChI is InChI=1S/C19H22F2O3/c1-3-23-19(22)13(2)11-15-9-10-16(20)18(17(15)21)24-12-14-7-5-4-6-8-14/h5,7-10,13H,3-4,6,11-12H2,1-2H3. The van der Waals surface area contributed by atoms with Gasteiger partial charge in [-0.2, -0.15) is 0 Å². The van der Waals surface area contributed by atoms with Crippen LogP contribution in [0.1, 0.15) is 32.3 Å². The molecular weight excluding hydrogens is 314 g/mol. The molecule has 0 bridgehead atoms. The van der Waals surface area contributed by atoms with Gasteiger partial charge >= 0.3 is 5.97 Å². The number of allylic oxidation sites excluding steroid dienone is 2. The Labute approximate surface area is 141 Å². The second kappa shape index (κ2) is 8.62. The van der Waals surface area contributed by atoms with Crippen LogP contribution >= 0.6 is 0 Å². The van der Waals surface area contributed by atoms with Crippen LogP contribution in [0.4, 0.5) is 8.78 Å². The van der Waals surface area contributed by atoms with Crippen molar-refractivity contribution in [2.45, 2.75) is 33.1 Å². The summed E-state index contributed by atoms with van der Waals surface area (Å²) in [5.41, 5.74) is 1.13. The fourth-order valence-electron chi connectivity index (χ4n) is 2.49. The van der Waals surface area contributed by atoms with E-state index < -0.39 is 29.3 Å². The van der Waals surface area contributed by atoms with Crippen molar-refractivity contribution in [3.63, 3.8) is 0 Å². The number of carbonyl (C=O) groups excluding carboxylic acids is 1. The Balaban J connectivity index is 2.10. The van der Waals surface area contributed by atoms with Crippen LogP contribution in [0.15, 0.2) is 35.9 Å². The summed E-state index contributed by atoms with van der Waals surface area (Å²) in [6.45, 7) is 3.75. The van der Waals surface area contributed by atoms with E-state index in [1.54, 1.807) is 13.8 Å². The summed E-state index contributed by atoms with van der Waals surface area (Å²) in [6, 6.07) is 2.50. The van der Waals surface area contributed by atoms with E-state index in [4.69, 9.17) is 9.47 Å². The largest absolute Gasteiger partial charge is 0.483 e. The van der Waals surface area contributed by atoms with E-state index in [9.17, 15) is 13.6 Å². The van der Waals surface area contributed by atoms with Crippen LogP contribution in [0.2, 0.25) is 0 Å². The van der Waals surface area contributed by atoms with Gasteiger partial charge < -0.3 is 9.47 Å². The average molecular weight is 336 g/mol. The molecular formula is C19H22F2O3. The van der Waals surface area contributed by atoms with Crippen LogP contribution < -0.4 is 4.74 Å². The Hall–Kier alpha value is -2.17. The molecule has 0 amide bonds. The van der Waals surface area contributed by atoms with Crippen molar-refractivity contribution in [1.29, 1.82) is 0 Å². The van der Waals surface area contributed by atoms with E-state index >= 15 is 0 Å². The molecule has 2 rings (SSSR count). The number of esters is 1. The third kappa shape index (κ3) is 4.66. The molecule has 1 aliphatic carbocycles. The minimum absolute atomic E-state index is 0.112. The molecule has 1 aliphatic rings. The first-order chi connectivity index (χ1) is 11.5. The topological polar surface area (TPSA) is 35.5 Å². The molecule has 24 heavy (non-hydrogen) atoms. The van der Waals surface area contributed by atoms with Gasteiger partial charge in [0.15, 0.2) is 17.4 Å². The maximum atomic E-state index is 14.5. The van der Waals surface area contributed by atoms with E-state index in [0.717, 1.165) is 24.5 Å². The van der Waals surface area contributed by atoms with Gasteiger partial charge in [-0.05, 0) is 43.4 Å². The van der Waals surface area contributed by atoms with Crippen molar-refractivity contribution in [3.05, 3.63) is 53.1 Å². The molecule has 0 fully saturated rings. The number of benzene rings is 1. The predicted octanol–water partition coefficient (Wildman–Crippen LogP) is 4.36. The summed E-state index contributed by atoms with van der Waals surface area (Å²) in [5, 5.41) is 0. The van der Waals surface area contributed by atoms with Crippen LogP contribution in [0.25, 0.3) is 0 Å². The van der Waals surface area contributed by atoms with Crippen molar-refractivity contribution in [2.24, 2.45) is 5.92 Å². The summed E-state index contributed by atoms with van der Waals surface area (Å²) in [4.78, 5) is 11.7. The van der Waals surface area contributed by atoms with Gasteiger partial charge in [-0.3, -0.25) is 4.79 Å². The molecule has 0 aliphatic heterocycles. The van der Waals surface area contributed by atoms with E-state index in [2.05, 4.69) is 0 Å². The Morgan fingerprint density at radius 2 is 2.08 bits per heavy atom. The maximum absolute atomic E-state index is 14.5. The highest BCUT2D eigenvalue weighted by atomic mass is 19.1. The Morgan fingerprint density at radius 3 is 2.75 bits per heavy atom. The third-order valence-electron chi connectivity index (χ3n) is 3.80.